The standard InChI is InChI=1S/C11H12N2O6/c1-6(11(15)16)12-10(14)9-7(13(17)18)4-3-5-8(9)19-2/h3-6H,1-2H3,(H,12,14)(H,15,16)/t6-/m1/s1. The van der Waals surface area contributed by atoms with Crippen molar-refractivity contribution in [2.45, 2.75) is 13.0 Å². The van der Waals surface area contributed by atoms with Gasteiger partial charge in [-0.3, -0.25) is 19.7 Å². The molecule has 0 aliphatic rings. The molecule has 1 aromatic carbocycles. The second-order valence-electron chi connectivity index (χ2n) is 3.64. The number of nitrogens with one attached hydrogen (secondary N) is 1. The van der Waals surface area contributed by atoms with Crippen molar-refractivity contribution < 1.29 is 24.4 Å². The predicted molar refractivity (Wildman–Crippen MR) is 64.2 cm³/mol. The maximum Gasteiger partial charge on any atom is 0.325 e. The number of carbonyl (C=O) groups excluding carboxylic acids is 1. The molecule has 102 valence electrons. The monoisotopic (exact) mass is 268 g/mol. The van der Waals surface area contributed by atoms with Gasteiger partial charge in [0.15, 0.2) is 5.56 Å². The molecule has 0 saturated carbocycles. The van der Waals surface area contributed by atoms with Crippen LogP contribution in [0.15, 0.2) is 18.2 Å². The van der Waals surface area contributed by atoms with Crippen molar-refractivity contribution in [3.63, 3.8) is 0 Å². The quantitative estimate of drug-likeness (QED) is 0.602. The summed E-state index contributed by atoms with van der Waals surface area (Å²) in [4.78, 5) is 32.7. The van der Waals surface area contributed by atoms with Crippen LogP contribution >= 0.6 is 0 Å². The molecule has 2 N–H and O–H groups in total. The Bertz CT molecular complexity index is 528. The maximum absolute atomic E-state index is 11.9. The van der Waals surface area contributed by atoms with E-state index in [1.54, 1.807) is 0 Å². The second kappa shape index (κ2) is 5.80. The summed E-state index contributed by atoms with van der Waals surface area (Å²) >= 11 is 0. The van der Waals surface area contributed by atoms with E-state index in [1.807, 2.05) is 0 Å². The Hall–Kier alpha value is -2.64. The van der Waals surface area contributed by atoms with Crippen LogP contribution in [0, 0.1) is 10.1 Å². The number of hydrogen-bond donors (Lipinski definition) is 2. The maximum atomic E-state index is 11.9. The molecule has 0 saturated heterocycles. The van der Waals surface area contributed by atoms with Crippen molar-refractivity contribution in [1.29, 1.82) is 0 Å². The van der Waals surface area contributed by atoms with Crippen LogP contribution in [-0.4, -0.2) is 35.1 Å². The summed E-state index contributed by atoms with van der Waals surface area (Å²) in [5, 5.41) is 21.7. The predicted octanol–water partition coefficient (Wildman–Crippen LogP) is 0.806. The van der Waals surface area contributed by atoms with Gasteiger partial charge in [0, 0.05) is 6.07 Å². The van der Waals surface area contributed by atoms with Gasteiger partial charge in [0.25, 0.3) is 11.6 Å². The second-order valence-corrected chi connectivity index (χ2v) is 3.64. The van der Waals surface area contributed by atoms with E-state index in [2.05, 4.69) is 5.32 Å². The zero-order valence-corrected chi connectivity index (χ0v) is 10.2. The normalized spacial score (nSPS) is 11.5. The number of amides is 1. The van der Waals surface area contributed by atoms with Crippen LogP contribution in [0.1, 0.15) is 17.3 Å². The fourth-order valence-electron chi connectivity index (χ4n) is 1.40. The topological polar surface area (TPSA) is 119 Å². The van der Waals surface area contributed by atoms with Crippen LogP contribution in [0.4, 0.5) is 5.69 Å². The molecular weight excluding hydrogens is 256 g/mol. The average Bonchev–Trinajstić information content (AvgIpc) is 2.37. The molecule has 0 aliphatic heterocycles. The molecule has 1 rings (SSSR count). The van der Waals surface area contributed by atoms with Gasteiger partial charge in [0.2, 0.25) is 0 Å². The molecule has 0 aromatic heterocycles. The molecule has 1 atom stereocenters. The molecule has 0 fully saturated rings. The molecule has 8 nitrogen and oxygen atoms in total. The molecule has 0 aliphatic carbocycles. The lowest BCUT2D eigenvalue weighted by Gasteiger charge is -2.12. The van der Waals surface area contributed by atoms with E-state index in [1.165, 1.54) is 26.2 Å². The van der Waals surface area contributed by atoms with Crippen LogP contribution in [0.5, 0.6) is 5.75 Å². The summed E-state index contributed by atoms with van der Waals surface area (Å²) in [5.74, 6) is -2.12. The first-order chi connectivity index (χ1) is 8.88. The molecule has 1 aromatic rings. The van der Waals surface area contributed by atoms with E-state index in [0.717, 1.165) is 6.07 Å². The van der Waals surface area contributed by atoms with Gasteiger partial charge in [-0.05, 0) is 13.0 Å². The molecule has 0 bridgehead atoms. The Morgan fingerprint density at radius 3 is 2.58 bits per heavy atom. The fourth-order valence-corrected chi connectivity index (χ4v) is 1.40. The highest BCUT2D eigenvalue weighted by Gasteiger charge is 2.26. The Balaban J connectivity index is 3.20. The van der Waals surface area contributed by atoms with E-state index in [0.29, 0.717) is 0 Å². The molecular formula is C11H12N2O6. The smallest absolute Gasteiger partial charge is 0.325 e. The summed E-state index contributed by atoms with van der Waals surface area (Å²) in [7, 11) is 1.26. The van der Waals surface area contributed by atoms with Gasteiger partial charge in [-0.25, -0.2) is 0 Å². The molecule has 1 amide bonds. The molecule has 0 spiro atoms. The minimum absolute atomic E-state index is 0.00397. The zero-order chi connectivity index (χ0) is 14.6. The van der Waals surface area contributed by atoms with Crippen molar-refractivity contribution in [2.75, 3.05) is 7.11 Å². The highest BCUT2D eigenvalue weighted by Crippen LogP contribution is 2.27. The van der Waals surface area contributed by atoms with E-state index >= 15 is 0 Å². The van der Waals surface area contributed by atoms with Crippen LogP contribution < -0.4 is 10.1 Å². The number of nitrogens with zero attached hydrogens (tertiary/aromatic N) is 1. The van der Waals surface area contributed by atoms with Crippen LogP contribution in [0.25, 0.3) is 0 Å². The first kappa shape index (κ1) is 14.4. The first-order valence-electron chi connectivity index (χ1n) is 5.23. The van der Waals surface area contributed by atoms with Crippen LogP contribution in [0.3, 0.4) is 0 Å². The number of nitro benzene ring substituents is 1. The third-order valence-corrected chi connectivity index (χ3v) is 2.37. The number of benzene rings is 1. The third kappa shape index (κ3) is 3.18. The minimum Gasteiger partial charge on any atom is -0.496 e. The number of aliphatic carboxylic acids is 1. The largest absolute Gasteiger partial charge is 0.496 e. The SMILES string of the molecule is COc1cccc([N+](=O)[O-])c1C(=O)N[C@H](C)C(=O)O. The van der Waals surface area contributed by atoms with Crippen molar-refractivity contribution in [3.8, 4) is 5.75 Å². The minimum atomic E-state index is -1.24. The van der Waals surface area contributed by atoms with E-state index in [4.69, 9.17) is 9.84 Å². The van der Waals surface area contributed by atoms with Gasteiger partial charge < -0.3 is 15.2 Å². The van der Waals surface area contributed by atoms with E-state index < -0.39 is 28.5 Å². The summed E-state index contributed by atoms with van der Waals surface area (Å²) < 4.78 is 4.89. The van der Waals surface area contributed by atoms with E-state index in [-0.39, 0.29) is 11.3 Å². The lowest BCUT2D eigenvalue weighted by atomic mass is 10.1. The Kier molecular flexibility index (Phi) is 4.41. The molecule has 0 heterocycles. The lowest BCUT2D eigenvalue weighted by Crippen LogP contribution is -2.38. The average molecular weight is 268 g/mol. The molecule has 8 heteroatoms. The lowest BCUT2D eigenvalue weighted by molar-refractivity contribution is -0.385. The fraction of sp³-hybridized carbons (Fsp3) is 0.273. The number of carboxylic acids is 1. The van der Waals surface area contributed by atoms with E-state index in [9.17, 15) is 19.7 Å². The highest BCUT2D eigenvalue weighted by atomic mass is 16.6. The summed E-state index contributed by atoms with van der Waals surface area (Å²) in [6.45, 7) is 1.25. The summed E-state index contributed by atoms with van der Waals surface area (Å²) in [6.07, 6.45) is 0. The van der Waals surface area contributed by atoms with Gasteiger partial charge in [-0.15, -0.1) is 0 Å². The number of rotatable bonds is 5. The number of carbonyl (C=O) groups is 2. The number of methoxy groups -OCH3 is 1. The third-order valence-electron chi connectivity index (χ3n) is 2.37. The van der Waals surface area contributed by atoms with Gasteiger partial charge in [0.1, 0.15) is 11.8 Å². The number of nitro groups is 1. The van der Waals surface area contributed by atoms with Crippen molar-refractivity contribution >= 4 is 17.6 Å². The number of hydrogen-bond acceptors (Lipinski definition) is 5. The van der Waals surface area contributed by atoms with Crippen molar-refractivity contribution in [2.24, 2.45) is 0 Å². The highest BCUT2D eigenvalue weighted by molar-refractivity contribution is 6.02. The van der Waals surface area contributed by atoms with Crippen molar-refractivity contribution in [1.82, 2.24) is 5.32 Å². The first-order valence-corrected chi connectivity index (χ1v) is 5.23. The van der Waals surface area contributed by atoms with Crippen molar-refractivity contribution in [3.05, 3.63) is 33.9 Å². The van der Waals surface area contributed by atoms with Crippen LogP contribution in [-0.2, 0) is 4.79 Å². The Morgan fingerprint density at radius 1 is 1.47 bits per heavy atom. The summed E-state index contributed by atoms with van der Waals surface area (Å²) in [6, 6.07) is 2.72. The number of ether oxygens (including phenoxy) is 1. The molecule has 19 heavy (non-hydrogen) atoms. The van der Waals surface area contributed by atoms with Crippen LogP contribution in [0.2, 0.25) is 0 Å². The van der Waals surface area contributed by atoms with Gasteiger partial charge >= 0.3 is 5.97 Å². The van der Waals surface area contributed by atoms with Gasteiger partial charge in [0.05, 0.1) is 12.0 Å². The molecule has 0 radical (unpaired) electrons. The van der Waals surface area contributed by atoms with Gasteiger partial charge in [-0.1, -0.05) is 6.07 Å². The summed E-state index contributed by atoms with van der Waals surface area (Å²) in [5.41, 5.74) is -0.752. The molecule has 0 unspecified atom stereocenters. The van der Waals surface area contributed by atoms with Gasteiger partial charge in [-0.2, -0.15) is 0 Å². The Morgan fingerprint density at radius 2 is 2.11 bits per heavy atom. The number of carboxylic acid groups (broad SMARTS) is 1. The zero-order valence-electron chi connectivity index (χ0n) is 10.2. The Labute approximate surface area is 108 Å².